The van der Waals surface area contributed by atoms with Gasteiger partial charge in [0, 0.05) is 27.2 Å². The maximum absolute atomic E-state index is 3.72. The van der Waals surface area contributed by atoms with Crippen molar-refractivity contribution < 1.29 is 0 Å². The smallest absolute Gasteiger partial charge is 0.0417 e. The van der Waals surface area contributed by atoms with Crippen molar-refractivity contribution in [2.75, 3.05) is 0 Å². The average Bonchev–Trinajstić information content (AvgIpc) is 3.04. The molecule has 2 aromatic rings. The van der Waals surface area contributed by atoms with Gasteiger partial charge in [-0.15, -0.1) is 22.7 Å². The molecule has 0 radical (unpaired) electrons. The Hall–Kier alpha value is -0.640. The summed E-state index contributed by atoms with van der Waals surface area (Å²) in [5.74, 6) is 0. The van der Waals surface area contributed by atoms with E-state index in [4.69, 9.17) is 0 Å². The van der Waals surface area contributed by atoms with E-state index >= 15 is 0 Å². The lowest BCUT2D eigenvalue weighted by atomic mass is 9.95. The minimum absolute atomic E-state index is 0.263. The fourth-order valence-electron chi connectivity index (χ4n) is 2.22. The average molecular weight is 308 g/mol. The Balaban J connectivity index is 1.97. The molecule has 0 spiro atoms. The molecule has 0 bridgehead atoms. The molecule has 0 fully saturated rings. The molecule has 110 valence electrons. The van der Waals surface area contributed by atoms with Crippen LogP contribution in [0.1, 0.15) is 61.2 Å². The zero-order chi connectivity index (χ0) is 14.6. The van der Waals surface area contributed by atoms with Crippen LogP contribution in [0.25, 0.3) is 0 Å². The van der Waals surface area contributed by atoms with E-state index in [-0.39, 0.29) is 5.41 Å². The van der Waals surface area contributed by atoms with Crippen molar-refractivity contribution in [3.05, 3.63) is 44.3 Å². The molecular formula is C17H25NS2. The van der Waals surface area contributed by atoms with E-state index in [1.165, 1.54) is 27.5 Å². The first kappa shape index (κ1) is 15.7. The Morgan fingerprint density at radius 1 is 1.20 bits per heavy atom. The second-order valence-electron chi connectivity index (χ2n) is 6.25. The number of thiophene rings is 2. The van der Waals surface area contributed by atoms with Crippen LogP contribution in [0.15, 0.2) is 29.6 Å². The highest BCUT2D eigenvalue weighted by Gasteiger charge is 2.17. The van der Waals surface area contributed by atoms with Crippen molar-refractivity contribution in [1.29, 1.82) is 0 Å². The molecular weight excluding hydrogens is 282 g/mol. The van der Waals surface area contributed by atoms with Gasteiger partial charge in [0.05, 0.1) is 0 Å². The van der Waals surface area contributed by atoms with Gasteiger partial charge in [0.1, 0.15) is 0 Å². The predicted octanol–water partition coefficient (Wildman–Crippen LogP) is 5.74. The number of nitrogens with one attached hydrogen (secondary N) is 1. The molecule has 0 aromatic carbocycles. The molecule has 20 heavy (non-hydrogen) atoms. The van der Waals surface area contributed by atoms with Crippen molar-refractivity contribution in [3.8, 4) is 0 Å². The van der Waals surface area contributed by atoms with Gasteiger partial charge in [-0.05, 0) is 35.4 Å². The summed E-state index contributed by atoms with van der Waals surface area (Å²) in [6.45, 7) is 10.1. The number of rotatable bonds is 6. The van der Waals surface area contributed by atoms with E-state index in [0.29, 0.717) is 6.04 Å². The maximum atomic E-state index is 3.72. The SMILES string of the molecule is CCCC(NCc1ccc(C(C)(C)C)s1)c1cccs1. The van der Waals surface area contributed by atoms with Gasteiger partial charge < -0.3 is 5.32 Å². The van der Waals surface area contributed by atoms with Gasteiger partial charge in [0.2, 0.25) is 0 Å². The molecule has 1 unspecified atom stereocenters. The van der Waals surface area contributed by atoms with Crippen LogP contribution in [0.3, 0.4) is 0 Å². The van der Waals surface area contributed by atoms with Crippen molar-refractivity contribution in [2.45, 2.75) is 58.5 Å². The quantitative estimate of drug-likeness (QED) is 0.717. The molecule has 0 amide bonds. The summed E-state index contributed by atoms with van der Waals surface area (Å²) in [7, 11) is 0. The molecule has 0 aliphatic rings. The summed E-state index contributed by atoms with van der Waals surface area (Å²) < 4.78 is 0. The summed E-state index contributed by atoms with van der Waals surface area (Å²) in [6.07, 6.45) is 2.42. The highest BCUT2D eigenvalue weighted by atomic mass is 32.1. The van der Waals surface area contributed by atoms with Crippen molar-refractivity contribution in [1.82, 2.24) is 5.32 Å². The van der Waals surface area contributed by atoms with E-state index in [0.717, 1.165) is 6.54 Å². The van der Waals surface area contributed by atoms with Crippen LogP contribution in [-0.2, 0) is 12.0 Å². The van der Waals surface area contributed by atoms with E-state index in [1.807, 2.05) is 22.7 Å². The molecule has 1 atom stereocenters. The fraction of sp³-hybridized carbons (Fsp3) is 0.529. The number of hydrogen-bond donors (Lipinski definition) is 1. The van der Waals surface area contributed by atoms with Crippen molar-refractivity contribution >= 4 is 22.7 Å². The largest absolute Gasteiger partial charge is 0.304 e. The van der Waals surface area contributed by atoms with Gasteiger partial charge in [-0.3, -0.25) is 0 Å². The maximum Gasteiger partial charge on any atom is 0.0417 e. The molecule has 2 rings (SSSR count). The van der Waals surface area contributed by atoms with Crippen LogP contribution < -0.4 is 5.32 Å². The Morgan fingerprint density at radius 3 is 2.55 bits per heavy atom. The van der Waals surface area contributed by atoms with Gasteiger partial charge >= 0.3 is 0 Å². The van der Waals surface area contributed by atoms with Gasteiger partial charge in [0.15, 0.2) is 0 Å². The van der Waals surface area contributed by atoms with E-state index in [9.17, 15) is 0 Å². The monoisotopic (exact) mass is 307 g/mol. The van der Waals surface area contributed by atoms with Crippen molar-refractivity contribution in [3.63, 3.8) is 0 Å². The number of hydrogen-bond acceptors (Lipinski definition) is 3. The zero-order valence-corrected chi connectivity index (χ0v) is 14.5. The first-order valence-corrected chi connectivity index (χ1v) is 9.06. The van der Waals surface area contributed by atoms with E-state index in [1.54, 1.807) is 0 Å². The second-order valence-corrected chi connectivity index (χ2v) is 8.40. The molecule has 0 aliphatic carbocycles. The molecule has 2 aromatic heterocycles. The highest BCUT2D eigenvalue weighted by molar-refractivity contribution is 7.12. The van der Waals surface area contributed by atoms with Gasteiger partial charge in [0.25, 0.3) is 0 Å². The molecule has 3 heteroatoms. The fourth-order valence-corrected chi connectivity index (χ4v) is 4.08. The third kappa shape index (κ3) is 4.18. The van der Waals surface area contributed by atoms with Crippen LogP contribution in [-0.4, -0.2) is 0 Å². The summed E-state index contributed by atoms with van der Waals surface area (Å²) in [5, 5.41) is 5.89. The lowest BCUT2D eigenvalue weighted by Crippen LogP contribution is -2.19. The summed E-state index contributed by atoms with van der Waals surface area (Å²) in [6, 6.07) is 9.44. The lowest BCUT2D eigenvalue weighted by Gasteiger charge is -2.17. The minimum atomic E-state index is 0.263. The van der Waals surface area contributed by atoms with Crippen LogP contribution in [0.2, 0.25) is 0 Å². The summed E-state index contributed by atoms with van der Waals surface area (Å²) in [4.78, 5) is 4.37. The standard InChI is InChI=1S/C17H25NS2/c1-5-7-14(15-8-6-11-19-15)18-12-13-9-10-16(20-13)17(2,3)4/h6,8-11,14,18H,5,7,12H2,1-4H3. The first-order chi connectivity index (χ1) is 9.50. The second kappa shape index (κ2) is 6.88. The third-order valence-corrected chi connectivity index (χ3v) is 5.88. The molecule has 0 aliphatic heterocycles. The lowest BCUT2D eigenvalue weighted by molar-refractivity contribution is 0.503. The van der Waals surface area contributed by atoms with E-state index in [2.05, 4.69) is 62.7 Å². The highest BCUT2D eigenvalue weighted by Crippen LogP contribution is 2.30. The van der Waals surface area contributed by atoms with Crippen LogP contribution in [0.5, 0.6) is 0 Å². The van der Waals surface area contributed by atoms with Crippen LogP contribution in [0.4, 0.5) is 0 Å². The van der Waals surface area contributed by atoms with Crippen LogP contribution >= 0.6 is 22.7 Å². The van der Waals surface area contributed by atoms with Crippen LogP contribution in [0, 0.1) is 0 Å². The van der Waals surface area contributed by atoms with Gasteiger partial charge in [-0.25, -0.2) is 0 Å². The molecule has 1 N–H and O–H groups in total. The molecule has 0 saturated carbocycles. The van der Waals surface area contributed by atoms with Crippen molar-refractivity contribution in [2.24, 2.45) is 0 Å². The topological polar surface area (TPSA) is 12.0 Å². The normalized spacial score (nSPS) is 13.6. The molecule has 1 nitrogen and oxygen atoms in total. The van der Waals surface area contributed by atoms with Gasteiger partial charge in [-0.1, -0.05) is 40.2 Å². The minimum Gasteiger partial charge on any atom is -0.304 e. The Morgan fingerprint density at radius 2 is 2.00 bits per heavy atom. The predicted molar refractivity (Wildman–Crippen MR) is 91.8 cm³/mol. The summed E-state index contributed by atoms with van der Waals surface area (Å²) in [5.41, 5.74) is 0.263. The van der Waals surface area contributed by atoms with E-state index < -0.39 is 0 Å². The Kier molecular flexibility index (Phi) is 5.42. The zero-order valence-electron chi connectivity index (χ0n) is 12.9. The van der Waals surface area contributed by atoms with Gasteiger partial charge in [-0.2, -0.15) is 0 Å². The molecule has 2 heterocycles. The third-order valence-electron chi connectivity index (χ3n) is 3.39. The molecule has 0 saturated heterocycles. The Bertz CT molecular complexity index is 505. The Labute approximate surface area is 131 Å². The first-order valence-electron chi connectivity index (χ1n) is 7.36. The summed E-state index contributed by atoms with van der Waals surface area (Å²) >= 11 is 3.79.